The minimum Gasteiger partial charge on any atom is -0.383 e. The van der Waals surface area contributed by atoms with Crippen LogP contribution in [0, 0.1) is 0 Å². The molecule has 2 fully saturated rings. The van der Waals surface area contributed by atoms with E-state index >= 15 is 0 Å². The molecule has 0 unspecified atom stereocenters. The fraction of sp³-hybridized carbons (Fsp3) is 0.375. The van der Waals surface area contributed by atoms with Crippen molar-refractivity contribution in [3.05, 3.63) is 42.1 Å². The first kappa shape index (κ1) is 12.4. The largest absolute Gasteiger partial charge is 0.383 e. The Balaban J connectivity index is 1.65. The van der Waals surface area contributed by atoms with Crippen molar-refractivity contribution in [2.45, 2.75) is 31.2 Å². The van der Waals surface area contributed by atoms with E-state index in [1.807, 2.05) is 35.2 Å². The van der Waals surface area contributed by atoms with Crippen molar-refractivity contribution < 1.29 is 4.79 Å². The standard InChI is InChI=1S/C16H18N4O/c17-14-13(11-18-20(14)12-5-2-1-3-6-12)15(21)19-10-9-16(19)7-4-8-16/h1-3,5-6,11H,4,7-10,17H2. The zero-order valence-electron chi connectivity index (χ0n) is 11.8. The van der Waals surface area contributed by atoms with Gasteiger partial charge in [0.15, 0.2) is 0 Å². The highest BCUT2D eigenvalue weighted by Crippen LogP contribution is 2.47. The van der Waals surface area contributed by atoms with E-state index in [0.717, 1.165) is 31.5 Å². The van der Waals surface area contributed by atoms with Gasteiger partial charge in [0, 0.05) is 12.1 Å². The fourth-order valence-electron chi connectivity index (χ4n) is 3.40. The van der Waals surface area contributed by atoms with Crippen molar-refractivity contribution in [2.24, 2.45) is 0 Å². The number of hydrogen-bond donors (Lipinski definition) is 1. The third kappa shape index (κ3) is 1.70. The number of nitrogens with zero attached hydrogens (tertiary/aromatic N) is 3. The molecule has 0 radical (unpaired) electrons. The first-order chi connectivity index (χ1) is 10.2. The molecule has 5 nitrogen and oxygen atoms in total. The zero-order chi connectivity index (χ0) is 14.4. The van der Waals surface area contributed by atoms with E-state index in [9.17, 15) is 4.79 Å². The Morgan fingerprint density at radius 3 is 2.52 bits per heavy atom. The average molecular weight is 282 g/mol. The summed E-state index contributed by atoms with van der Waals surface area (Å²) in [7, 11) is 0. The van der Waals surface area contributed by atoms with Gasteiger partial charge in [-0.05, 0) is 37.8 Å². The van der Waals surface area contributed by atoms with Gasteiger partial charge in [0.25, 0.3) is 5.91 Å². The summed E-state index contributed by atoms with van der Waals surface area (Å²) in [5.41, 5.74) is 7.68. The summed E-state index contributed by atoms with van der Waals surface area (Å²) in [6.07, 6.45) is 6.21. The van der Waals surface area contributed by atoms with Crippen molar-refractivity contribution in [3.63, 3.8) is 0 Å². The molecule has 2 aliphatic rings. The predicted octanol–water partition coefficient (Wildman–Crippen LogP) is 2.22. The molecule has 1 aliphatic heterocycles. The molecule has 1 aromatic heterocycles. The van der Waals surface area contributed by atoms with Gasteiger partial charge in [0.1, 0.15) is 11.4 Å². The molecule has 2 heterocycles. The van der Waals surface area contributed by atoms with Gasteiger partial charge >= 0.3 is 0 Å². The summed E-state index contributed by atoms with van der Waals surface area (Å²) in [6.45, 7) is 0.842. The Kier molecular flexibility index (Phi) is 2.58. The molecule has 1 aliphatic carbocycles. The summed E-state index contributed by atoms with van der Waals surface area (Å²) < 4.78 is 1.63. The number of amides is 1. The highest BCUT2D eigenvalue weighted by Gasteiger charge is 2.51. The molecular weight excluding hydrogens is 264 g/mol. The van der Waals surface area contributed by atoms with Crippen LogP contribution < -0.4 is 5.73 Å². The molecule has 21 heavy (non-hydrogen) atoms. The van der Waals surface area contributed by atoms with Crippen LogP contribution in [0.4, 0.5) is 5.82 Å². The lowest BCUT2D eigenvalue weighted by atomic mass is 9.67. The molecule has 4 rings (SSSR count). The van der Waals surface area contributed by atoms with Gasteiger partial charge in [0.05, 0.1) is 11.9 Å². The second kappa shape index (κ2) is 4.35. The topological polar surface area (TPSA) is 64.2 Å². The Hall–Kier alpha value is -2.30. The summed E-state index contributed by atoms with van der Waals surface area (Å²) >= 11 is 0. The van der Waals surface area contributed by atoms with Gasteiger partial charge in [-0.15, -0.1) is 0 Å². The highest BCUT2D eigenvalue weighted by atomic mass is 16.2. The molecule has 108 valence electrons. The number of anilines is 1. The number of para-hydroxylation sites is 1. The fourth-order valence-corrected chi connectivity index (χ4v) is 3.40. The Morgan fingerprint density at radius 2 is 1.95 bits per heavy atom. The number of carbonyl (C=O) groups is 1. The number of hydrogen-bond acceptors (Lipinski definition) is 3. The number of rotatable bonds is 2. The van der Waals surface area contributed by atoms with E-state index in [1.54, 1.807) is 10.9 Å². The van der Waals surface area contributed by atoms with Crippen LogP contribution in [0.3, 0.4) is 0 Å². The first-order valence-electron chi connectivity index (χ1n) is 7.42. The van der Waals surface area contributed by atoms with Crippen LogP contribution in [0.2, 0.25) is 0 Å². The van der Waals surface area contributed by atoms with E-state index in [-0.39, 0.29) is 11.4 Å². The van der Waals surface area contributed by atoms with Gasteiger partial charge in [-0.3, -0.25) is 4.79 Å². The number of likely N-dealkylation sites (tertiary alicyclic amines) is 1. The molecule has 1 aromatic carbocycles. The smallest absolute Gasteiger partial charge is 0.259 e. The van der Waals surface area contributed by atoms with Crippen molar-refractivity contribution in [2.75, 3.05) is 12.3 Å². The third-order valence-corrected chi connectivity index (χ3v) is 4.94. The number of nitrogens with two attached hydrogens (primary N) is 1. The van der Waals surface area contributed by atoms with E-state index < -0.39 is 0 Å². The SMILES string of the molecule is Nc1c(C(=O)N2CCC23CCC3)cnn1-c1ccccc1. The zero-order valence-corrected chi connectivity index (χ0v) is 11.8. The molecule has 0 atom stereocenters. The van der Waals surface area contributed by atoms with Crippen LogP contribution in [0.15, 0.2) is 36.5 Å². The molecule has 2 aromatic rings. The van der Waals surface area contributed by atoms with E-state index in [2.05, 4.69) is 5.10 Å². The van der Waals surface area contributed by atoms with Crippen LogP contribution in [0.5, 0.6) is 0 Å². The Labute approximate surface area is 123 Å². The molecule has 1 spiro atoms. The van der Waals surface area contributed by atoms with E-state index in [1.165, 1.54) is 6.42 Å². The lowest BCUT2D eigenvalue weighted by Gasteiger charge is -2.58. The van der Waals surface area contributed by atoms with E-state index in [0.29, 0.717) is 11.4 Å². The Bertz CT molecular complexity index is 682. The predicted molar refractivity (Wildman–Crippen MR) is 80.2 cm³/mol. The molecular formula is C16H18N4O. The second-order valence-electron chi connectivity index (χ2n) is 5.98. The van der Waals surface area contributed by atoms with Gasteiger partial charge in [0.2, 0.25) is 0 Å². The minimum atomic E-state index is 0.0284. The van der Waals surface area contributed by atoms with E-state index in [4.69, 9.17) is 5.73 Å². The maximum absolute atomic E-state index is 12.7. The first-order valence-corrected chi connectivity index (χ1v) is 7.42. The van der Waals surface area contributed by atoms with Crippen LogP contribution in [0.25, 0.3) is 5.69 Å². The minimum absolute atomic E-state index is 0.0284. The maximum atomic E-state index is 12.7. The van der Waals surface area contributed by atoms with Crippen molar-refractivity contribution in [1.29, 1.82) is 0 Å². The molecule has 0 bridgehead atoms. The second-order valence-corrected chi connectivity index (χ2v) is 5.98. The summed E-state index contributed by atoms with van der Waals surface area (Å²) in [5, 5.41) is 4.28. The number of carbonyl (C=O) groups excluding carboxylic acids is 1. The van der Waals surface area contributed by atoms with Crippen LogP contribution in [0.1, 0.15) is 36.0 Å². The van der Waals surface area contributed by atoms with Gasteiger partial charge in [-0.1, -0.05) is 18.2 Å². The van der Waals surface area contributed by atoms with Gasteiger partial charge in [-0.2, -0.15) is 5.10 Å². The molecule has 5 heteroatoms. The summed E-state index contributed by atoms with van der Waals surface area (Å²) in [4.78, 5) is 14.7. The number of benzene rings is 1. The number of aromatic nitrogens is 2. The normalized spacial score (nSPS) is 19.1. The lowest BCUT2D eigenvalue weighted by Crippen LogP contribution is -2.65. The lowest BCUT2D eigenvalue weighted by molar-refractivity contribution is -0.0486. The Morgan fingerprint density at radius 1 is 1.19 bits per heavy atom. The molecule has 1 amide bonds. The van der Waals surface area contributed by atoms with Crippen molar-refractivity contribution in [1.82, 2.24) is 14.7 Å². The van der Waals surface area contributed by atoms with Gasteiger partial charge < -0.3 is 10.6 Å². The van der Waals surface area contributed by atoms with Crippen LogP contribution >= 0.6 is 0 Å². The monoisotopic (exact) mass is 282 g/mol. The number of nitrogen functional groups attached to an aromatic ring is 1. The average Bonchev–Trinajstić information content (AvgIpc) is 2.78. The third-order valence-electron chi connectivity index (χ3n) is 4.94. The summed E-state index contributed by atoms with van der Waals surface area (Å²) in [5.74, 6) is 0.452. The maximum Gasteiger partial charge on any atom is 0.259 e. The molecule has 2 N–H and O–H groups in total. The molecule has 1 saturated heterocycles. The van der Waals surface area contributed by atoms with Gasteiger partial charge in [-0.25, -0.2) is 4.68 Å². The molecule has 1 saturated carbocycles. The van der Waals surface area contributed by atoms with Crippen LogP contribution in [-0.4, -0.2) is 32.7 Å². The summed E-state index contributed by atoms with van der Waals surface area (Å²) in [6, 6.07) is 9.65. The quantitative estimate of drug-likeness (QED) is 0.918. The highest BCUT2D eigenvalue weighted by molar-refractivity contribution is 5.99. The van der Waals surface area contributed by atoms with Crippen molar-refractivity contribution >= 4 is 11.7 Å². The van der Waals surface area contributed by atoms with Crippen LogP contribution in [-0.2, 0) is 0 Å². The van der Waals surface area contributed by atoms with Crippen molar-refractivity contribution in [3.8, 4) is 5.69 Å².